The monoisotopic (exact) mass is 252 g/mol. The smallest absolute Gasteiger partial charge is 0.332 e. The van der Waals surface area contributed by atoms with Crippen molar-refractivity contribution in [2.75, 3.05) is 19.8 Å². The number of ether oxygens (including phenoxy) is 3. The fraction of sp³-hybridized carbons (Fsp3) is 0.500. The zero-order valence-corrected chi connectivity index (χ0v) is 10.9. The maximum atomic E-state index is 11.1. The molecule has 0 aliphatic rings. The van der Waals surface area contributed by atoms with Crippen LogP contribution in [0, 0.1) is 0 Å². The van der Waals surface area contributed by atoms with E-state index in [0.29, 0.717) is 19.8 Å². The lowest BCUT2D eigenvalue weighted by Crippen LogP contribution is -2.18. The van der Waals surface area contributed by atoms with Crippen LogP contribution in [0.15, 0.2) is 30.3 Å². The molecule has 0 atom stereocenters. The van der Waals surface area contributed by atoms with Gasteiger partial charge in [-0.15, -0.1) is 0 Å². The Hall–Kier alpha value is -1.39. The molecule has 0 amide bonds. The van der Waals surface area contributed by atoms with Crippen molar-refractivity contribution in [3.05, 3.63) is 35.9 Å². The topological polar surface area (TPSA) is 44.8 Å². The molecule has 0 N–H and O–H groups in total. The molecule has 0 aliphatic heterocycles. The molecule has 1 rings (SSSR count). The van der Waals surface area contributed by atoms with Gasteiger partial charge in [-0.3, -0.25) is 0 Å². The van der Waals surface area contributed by atoms with Crippen molar-refractivity contribution in [2.45, 2.75) is 26.6 Å². The summed E-state index contributed by atoms with van der Waals surface area (Å²) in [6.07, 6.45) is -0.101. The van der Waals surface area contributed by atoms with E-state index in [-0.39, 0.29) is 18.7 Å². The average Bonchev–Trinajstić information content (AvgIpc) is 2.34. The lowest BCUT2D eigenvalue weighted by molar-refractivity contribution is -0.153. The second kappa shape index (κ2) is 8.66. The van der Waals surface area contributed by atoms with Crippen LogP contribution in [0.2, 0.25) is 0 Å². The summed E-state index contributed by atoms with van der Waals surface area (Å²) >= 11 is 0. The lowest BCUT2D eigenvalue weighted by atomic mass is 10.2. The molecule has 0 spiro atoms. The van der Waals surface area contributed by atoms with Gasteiger partial charge < -0.3 is 14.2 Å². The molecule has 0 aliphatic carbocycles. The Morgan fingerprint density at radius 1 is 1.11 bits per heavy atom. The Labute approximate surface area is 108 Å². The molecule has 1 aromatic rings. The molecule has 4 nitrogen and oxygen atoms in total. The maximum absolute atomic E-state index is 11.1. The van der Waals surface area contributed by atoms with Crippen LogP contribution in [0.1, 0.15) is 19.4 Å². The second-order valence-electron chi connectivity index (χ2n) is 4.13. The number of benzene rings is 1. The number of hydrogen-bond donors (Lipinski definition) is 0. The Morgan fingerprint density at radius 2 is 1.78 bits per heavy atom. The van der Waals surface area contributed by atoms with Gasteiger partial charge in [-0.2, -0.15) is 0 Å². The van der Waals surface area contributed by atoms with Gasteiger partial charge in [-0.25, -0.2) is 4.79 Å². The molecule has 0 saturated heterocycles. The van der Waals surface area contributed by atoms with E-state index in [4.69, 9.17) is 14.2 Å². The van der Waals surface area contributed by atoms with Crippen LogP contribution in [0.4, 0.5) is 0 Å². The molecule has 0 saturated carbocycles. The Balaban J connectivity index is 1.98. The van der Waals surface area contributed by atoms with Gasteiger partial charge in [0, 0.05) is 0 Å². The lowest BCUT2D eigenvalue weighted by Gasteiger charge is -2.08. The Kier molecular flexibility index (Phi) is 7.06. The van der Waals surface area contributed by atoms with Crippen molar-refractivity contribution in [1.29, 1.82) is 0 Å². The molecule has 0 aromatic heterocycles. The highest BCUT2D eigenvalue weighted by molar-refractivity contribution is 5.70. The maximum Gasteiger partial charge on any atom is 0.332 e. The molecule has 1 aromatic carbocycles. The number of rotatable bonds is 8. The molecular formula is C14H20O4. The molecule has 0 bridgehead atoms. The van der Waals surface area contributed by atoms with E-state index in [9.17, 15) is 4.79 Å². The third-order valence-electron chi connectivity index (χ3n) is 2.07. The third kappa shape index (κ3) is 7.04. The quantitative estimate of drug-likeness (QED) is 0.525. The van der Waals surface area contributed by atoms with Crippen molar-refractivity contribution in [1.82, 2.24) is 0 Å². The van der Waals surface area contributed by atoms with Gasteiger partial charge in [0.1, 0.15) is 6.61 Å². The number of carbonyl (C=O) groups excluding carboxylic acids is 1. The zero-order chi connectivity index (χ0) is 13.2. The van der Waals surface area contributed by atoms with Crippen LogP contribution in [0.3, 0.4) is 0 Å². The fourth-order valence-corrected chi connectivity index (χ4v) is 1.33. The molecular weight excluding hydrogens is 232 g/mol. The van der Waals surface area contributed by atoms with Gasteiger partial charge in [-0.1, -0.05) is 30.3 Å². The van der Waals surface area contributed by atoms with E-state index in [1.54, 1.807) is 13.8 Å². The minimum atomic E-state index is -0.340. The summed E-state index contributed by atoms with van der Waals surface area (Å²) in [5.74, 6) is -0.340. The molecule has 0 radical (unpaired) electrons. The number of esters is 1. The van der Waals surface area contributed by atoms with Crippen molar-refractivity contribution in [3.63, 3.8) is 0 Å². The molecule has 18 heavy (non-hydrogen) atoms. The SMILES string of the molecule is CC(C)OC(=O)COCCOCc1ccccc1. The van der Waals surface area contributed by atoms with Crippen LogP contribution >= 0.6 is 0 Å². The standard InChI is InChI=1S/C14H20O4/c1-12(2)18-14(15)11-17-9-8-16-10-13-6-4-3-5-7-13/h3-7,12H,8-11H2,1-2H3. The molecule has 0 heterocycles. The Morgan fingerprint density at radius 3 is 2.44 bits per heavy atom. The summed E-state index contributed by atoms with van der Waals surface area (Å²) in [6.45, 7) is 5.00. The normalized spacial score (nSPS) is 10.6. The Bertz CT molecular complexity index is 335. The first kappa shape index (κ1) is 14.7. The summed E-state index contributed by atoms with van der Waals surface area (Å²) in [7, 11) is 0. The fourth-order valence-electron chi connectivity index (χ4n) is 1.33. The van der Waals surface area contributed by atoms with E-state index >= 15 is 0 Å². The summed E-state index contributed by atoms with van der Waals surface area (Å²) in [5, 5.41) is 0. The summed E-state index contributed by atoms with van der Waals surface area (Å²) in [5.41, 5.74) is 1.12. The molecule has 0 fully saturated rings. The van der Waals surface area contributed by atoms with Gasteiger partial charge in [0.15, 0.2) is 0 Å². The van der Waals surface area contributed by atoms with Gasteiger partial charge in [0.2, 0.25) is 0 Å². The average molecular weight is 252 g/mol. The second-order valence-corrected chi connectivity index (χ2v) is 4.13. The highest BCUT2D eigenvalue weighted by Gasteiger charge is 2.04. The third-order valence-corrected chi connectivity index (χ3v) is 2.07. The molecule has 0 unspecified atom stereocenters. The molecule has 100 valence electrons. The van der Waals surface area contributed by atoms with Crippen molar-refractivity contribution < 1.29 is 19.0 Å². The zero-order valence-electron chi connectivity index (χ0n) is 10.9. The van der Waals surface area contributed by atoms with Crippen LogP contribution in [-0.2, 0) is 25.6 Å². The highest BCUT2D eigenvalue weighted by atomic mass is 16.6. The molecule has 4 heteroatoms. The summed E-state index contributed by atoms with van der Waals surface area (Å²) in [4.78, 5) is 11.1. The van der Waals surface area contributed by atoms with Crippen LogP contribution < -0.4 is 0 Å². The minimum Gasteiger partial charge on any atom is -0.461 e. The van der Waals surface area contributed by atoms with Crippen LogP contribution in [0.5, 0.6) is 0 Å². The van der Waals surface area contributed by atoms with Crippen molar-refractivity contribution >= 4 is 5.97 Å². The summed E-state index contributed by atoms with van der Waals surface area (Å²) in [6, 6.07) is 9.91. The van der Waals surface area contributed by atoms with Gasteiger partial charge in [-0.05, 0) is 19.4 Å². The first-order valence-electron chi connectivity index (χ1n) is 6.07. The van der Waals surface area contributed by atoms with E-state index in [1.807, 2.05) is 30.3 Å². The predicted molar refractivity (Wildman–Crippen MR) is 68.1 cm³/mol. The van der Waals surface area contributed by atoms with Crippen LogP contribution in [-0.4, -0.2) is 31.9 Å². The van der Waals surface area contributed by atoms with E-state index in [1.165, 1.54) is 0 Å². The van der Waals surface area contributed by atoms with Gasteiger partial charge in [0.25, 0.3) is 0 Å². The predicted octanol–water partition coefficient (Wildman–Crippen LogP) is 2.17. The largest absolute Gasteiger partial charge is 0.461 e. The van der Waals surface area contributed by atoms with Crippen LogP contribution in [0.25, 0.3) is 0 Å². The first-order valence-corrected chi connectivity index (χ1v) is 6.07. The first-order chi connectivity index (χ1) is 8.68. The van der Waals surface area contributed by atoms with Crippen molar-refractivity contribution in [3.8, 4) is 0 Å². The number of carbonyl (C=O) groups is 1. The van der Waals surface area contributed by atoms with Gasteiger partial charge in [0.05, 0.1) is 25.9 Å². The minimum absolute atomic E-state index is 0.0210. The van der Waals surface area contributed by atoms with Crippen molar-refractivity contribution in [2.24, 2.45) is 0 Å². The van der Waals surface area contributed by atoms with E-state index < -0.39 is 0 Å². The van der Waals surface area contributed by atoms with E-state index in [2.05, 4.69) is 0 Å². The van der Waals surface area contributed by atoms with Gasteiger partial charge >= 0.3 is 5.97 Å². The highest BCUT2D eigenvalue weighted by Crippen LogP contribution is 2.00. The van der Waals surface area contributed by atoms with E-state index in [0.717, 1.165) is 5.56 Å². The summed E-state index contributed by atoms with van der Waals surface area (Å²) < 4.78 is 15.5. The number of hydrogen-bond acceptors (Lipinski definition) is 4.